The predicted molar refractivity (Wildman–Crippen MR) is 106 cm³/mol. The molecule has 6 heteroatoms. The summed E-state index contributed by atoms with van der Waals surface area (Å²) in [6.07, 6.45) is 1.24. The summed E-state index contributed by atoms with van der Waals surface area (Å²) in [5.74, 6) is 0.451. The lowest BCUT2D eigenvalue weighted by Gasteiger charge is -2.32. The zero-order valence-corrected chi connectivity index (χ0v) is 15.9. The summed E-state index contributed by atoms with van der Waals surface area (Å²) in [5, 5.41) is 0. The summed E-state index contributed by atoms with van der Waals surface area (Å²) in [6, 6.07) is 17.6. The van der Waals surface area contributed by atoms with E-state index < -0.39 is 0 Å². The first-order valence-corrected chi connectivity index (χ1v) is 9.57. The molecule has 2 aromatic carbocycles. The number of aromatic nitrogens is 2. The van der Waals surface area contributed by atoms with Crippen LogP contribution in [0.1, 0.15) is 42.0 Å². The fourth-order valence-corrected chi connectivity index (χ4v) is 3.78. The molecule has 1 fully saturated rings. The molecule has 0 spiro atoms. The highest BCUT2D eigenvalue weighted by atomic mass is 16.6. The first-order valence-electron chi connectivity index (χ1n) is 9.57. The van der Waals surface area contributed by atoms with Gasteiger partial charge in [-0.15, -0.1) is 0 Å². The number of imidazole rings is 1. The molecule has 0 aliphatic carbocycles. The number of hydrogen-bond donors (Lipinski definition) is 0. The Morgan fingerprint density at radius 1 is 1.04 bits per heavy atom. The zero-order valence-electron chi connectivity index (χ0n) is 15.9. The molecule has 1 aliphatic rings. The van der Waals surface area contributed by atoms with Crippen molar-refractivity contribution >= 4 is 22.9 Å². The van der Waals surface area contributed by atoms with Crippen LogP contribution in [0.3, 0.4) is 0 Å². The summed E-state index contributed by atoms with van der Waals surface area (Å²) >= 11 is 0. The molecule has 1 aromatic heterocycles. The number of piperidine rings is 1. The summed E-state index contributed by atoms with van der Waals surface area (Å²) < 4.78 is 7.49. The van der Waals surface area contributed by atoms with E-state index in [1.54, 1.807) is 11.8 Å². The van der Waals surface area contributed by atoms with E-state index >= 15 is 0 Å². The first-order chi connectivity index (χ1) is 13.6. The molecule has 4 rings (SSSR count). The first kappa shape index (κ1) is 18.2. The summed E-state index contributed by atoms with van der Waals surface area (Å²) in [6.45, 7) is 3.03. The Morgan fingerprint density at radius 3 is 2.43 bits per heavy atom. The quantitative estimate of drug-likeness (QED) is 0.639. The third kappa shape index (κ3) is 3.63. The van der Waals surface area contributed by atoms with Crippen LogP contribution >= 0.6 is 0 Å². The van der Waals surface area contributed by atoms with E-state index in [2.05, 4.69) is 4.98 Å². The fourth-order valence-electron chi connectivity index (χ4n) is 3.78. The van der Waals surface area contributed by atoms with E-state index in [0.717, 1.165) is 29.4 Å². The van der Waals surface area contributed by atoms with Gasteiger partial charge in [-0.25, -0.2) is 9.78 Å². The number of carbonyl (C=O) groups excluding carboxylic acids is 2. The summed E-state index contributed by atoms with van der Waals surface area (Å²) in [7, 11) is 0. The highest BCUT2D eigenvalue weighted by molar-refractivity contribution is 5.94. The highest BCUT2D eigenvalue weighted by Crippen LogP contribution is 2.29. The number of carbonyl (C=O) groups is 2. The van der Waals surface area contributed by atoms with Gasteiger partial charge in [0, 0.05) is 26.1 Å². The van der Waals surface area contributed by atoms with Gasteiger partial charge in [0.05, 0.1) is 11.0 Å². The second-order valence-electron chi connectivity index (χ2n) is 7.11. The number of ether oxygens (including phenoxy) is 1. The van der Waals surface area contributed by atoms with Crippen LogP contribution in [-0.2, 0) is 11.3 Å². The normalized spacial score (nSPS) is 15.0. The zero-order chi connectivity index (χ0) is 19.5. The molecule has 6 nitrogen and oxygen atoms in total. The number of Topliss-reactive ketones (excluding diaryl/α,β-unsaturated/α-hetero) is 1. The van der Waals surface area contributed by atoms with Gasteiger partial charge in [-0.3, -0.25) is 4.79 Å². The molecule has 1 saturated heterocycles. The van der Waals surface area contributed by atoms with Crippen LogP contribution < -0.4 is 0 Å². The molecule has 0 unspecified atom stereocenters. The van der Waals surface area contributed by atoms with Crippen LogP contribution in [0.4, 0.5) is 4.79 Å². The van der Waals surface area contributed by atoms with Crippen molar-refractivity contribution in [2.24, 2.45) is 0 Å². The summed E-state index contributed by atoms with van der Waals surface area (Å²) in [5.41, 5.74) is 2.77. The lowest BCUT2D eigenvalue weighted by Crippen LogP contribution is -2.39. The average Bonchev–Trinajstić information content (AvgIpc) is 3.13. The van der Waals surface area contributed by atoms with Crippen molar-refractivity contribution in [3.05, 3.63) is 66.0 Å². The standard InChI is InChI=1S/C22H23N3O3/c1-16(26)21-23-19-9-5-6-10-20(19)25(21)18-11-13-24(14-12-18)22(27)28-15-17-7-3-2-4-8-17/h2-10,18H,11-15H2,1H3. The number of hydrogen-bond acceptors (Lipinski definition) is 4. The Balaban J connectivity index is 1.43. The molecule has 0 bridgehead atoms. The second-order valence-corrected chi connectivity index (χ2v) is 7.11. The Kier molecular flexibility index (Phi) is 5.10. The van der Waals surface area contributed by atoms with Crippen molar-refractivity contribution in [3.8, 4) is 0 Å². The lowest BCUT2D eigenvalue weighted by molar-refractivity contribution is 0.0824. The SMILES string of the molecule is CC(=O)c1nc2ccccc2n1C1CCN(C(=O)OCc2ccccc2)CC1. The number of fused-ring (bicyclic) bond motifs is 1. The van der Waals surface area contributed by atoms with Crippen molar-refractivity contribution in [2.75, 3.05) is 13.1 Å². The molecule has 1 amide bonds. The average molecular weight is 377 g/mol. The van der Waals surface area contributed by atoms with Crippen molar-refractivity contribution < 1.29 is 14.3 Å². The van der Waals surface area contributed by atoms with Gasteiger partial charge >= 0.3 is 6.09 Å². The monoisotopic (exact) mass is 377 g/mol. The number of amides is 1. The predicted octanol–water partition coefficient (Wildman–Crippen LogP) is 4.21. The molecule has 0 radical (unpaired) electrons. The fraction of sp³-hybridized carbons (Fsp3) is 0.318. The minimum atomic E-state index is -0.287. The minimum Gasteiger partial charge on any atom is -0.445 e. The molecular formula is C22H23N3O3. The van der Waals surface area contributed by atoms with Gasteiger partial charge in [-0.1, -0.05) is 42.5 Å². The maximum absolute atomic E-state index is 12.4. The van der Waals surface area contributed by atoms with E-state index in [4.69, 9.17) is 4.74 Å². The molecule has 28 heavy (non-hydrogen) atoms. The van der Waals surface area contributed by atoms with Crippen LogP contribution in [0.25, 0.3) is 11.0 Å². The maximum Gasteiger partial charge on any atom is 0.410 e. The summed E-state index contributed by atoms with van der Waals surface area (Å²) in [4.78, 5) is 30.7. The lowest BCUT2D eigenvalue weighted by atomic mass is 10.0. The van der Waals surface area contributed by atoms with E-state index in [0.29, 0.717) is 18.9 Å². The van der Waals surface area contributed by atoms with Crippen LogP contribution in [0, 0.1) is 0 Å². The van der Waals surface area contributed by atoms with E-state index in [-0.39, 0.29) is 24.5 Å². The number of para-hydroxylation sites is 2. The number of likely N-dealkylation sites (tertiary alicyclic amines) is 1. The molecule has 0 N–H and O–H groups in total. The third-order valence-electron chi connectivity index (χ3n) is 5.20. The Labute approximate surface area is 163 Å². The number of rotatable bonds is 4. The highest BCUT2D eigenvalue weighted by Gasteiger charge is 2.28. The largest absolute Gasteiger partial charge is 0.445 e. The topological polar surface area (TPSA) is 64.4 Å². The third-order valence-corrected chi connectivity index (χ3v) is 5.20. The Hall–Kier alpha value is -3.15. The van der Waals surface area contributed by atoms with Crippen LogP contribution in [-0.4, -0.2) is 39.4 Å². The molecule has 3 aromatic rings. The minimum absolute atomic E-state index is 0.0408. The Bertz CT molecular complexity index is 989. The van der Waals surface area contributed by atoms with E-state index in [1.807, 2.05) is 59.2 Å². The number of nitrogens with zero attached hydrogens (tertiary/aromatic N) is 3. The Morgan fingerprint density at radius 2 is 1.71 bits per heavy atom. The van der Waals surface area contributed by atoms with Crippen LogP contribution in [0.2, 0.25) is 0 Å². The molecular weight excluding hydrogens is 354 g/mol. The number of ketones is 1. The van der Waals surface area contributed by atoms with Gasteiger partial charge < -0.3 is 14.2 Å². The van der Waals surface area contributed by atoms with Gasteiger partial charge in [0.2, 0.25) is 0 Å². The van der Waals surface area contributed by atoms with E-state index in [1.165, 1.54) is 0 Å². The second kappa shape index (κ2) is 7.84. The van der Waals surface area contributed by atoms with Gasteiger partial charge in [0.25, 0.3) is 0 Å². The van der Waals surface area contributed by atoms with E-state index in [9.17, 15) is 9.59 Å². The van der Waals surface area contributed by atoms with Gasteiger partial charge in [0.15, 0.2) is 11.6 Å². The van der Waals surface area contributed by atoms with Gasteiger partial charge in [0.1, 0.15) is 6.61 Å². The molecule has 1 aliphatic heterocycles. The van der Waals surface area contributed by atoms with Crippen LogP contribution in [0.15, 0.2) is 54.6 Å². The maximum atomic E-state index is 12.4. The molecule has 0 saturated carbocycles. The van der Waals surface area contributed by atoms with Crippen LogP contribution in [0.5, 0.6) is 0 Å². The van der Waals surface area contributed by atoms with Crippen molar-refractivity contribution in [3.63, 3.8) is 0 Å². The number of benzene rings is 2. The van der Waals surface area contributed by atoms with Gasteiger partial charge in [-0.2, -0.15) is 0 Å². The van der Waals surface area contributed by atoms with Gasteiger partial charge in [-0.05, 0) is 30.5 Å². The molecule has 144 valence electrons. The molecule has 0 atom stereocenters. The van der Waals surface area contributed by atoms with Crippen molar-refractivity contribution in [2.45, 2.75) is 32.4 Å². The smallest absolute Gasteiger partial charge is 0.410 e. The van der Waals surface area contributed by atoms with Crippen molar-refractivity contribution in [1.29, 1.82) is 0 Å². The van der Waals surface area contributed by atoms with Crippen molar-refractivity contribution in [1.82, 2.24) is 14.5 Å². The molecule has 2 heterocycles.